The molecule has 0 heterocycles. The fourth-order valence-corrected chi connectivity index (χ4v) is 1.99. The van der Waals surface area contributed by atoms with Crippen molar-refractivity contribution in [1.82, 2.24) is 0 Å². The quantitative estimate of drug-likeness (QED) is 0.861. The van der Waals surface area contributed by atoms with Crippen LogP contribution in [0.1, 0.15) is 11.1 Å². The van der Waals surface area contributed by atoms with E-state index >= 15 is 0 Å². The summed E-state index contributed by atoms with van der Waals surface area (Å²) in [6.07, 6.45) is 0.679. The number of hydrogen-bond donors (Lipinski definition) is 1. The van der Waals surface area contributed by atoms with E-state index in [9.17, 15) is 0 Å². The maximum Gasteiger partial charge on any atom is 0.140 e. The SMILES string of the molecule is COc1cc(C)c(OC)c(Cl)c1CCN. The van der Waals surface area contributed by atoms with Crippen LogP contribution in [-0.2, 0) is 6.42 Å². The molecule has 0 aliphatic rings. The molecular formula is C11H16ClNO2. The zero-order valence-corrected chi connectivity index (χ0v) is 10.0. The first-order valence-electron chi connectivity index (χ1n) is 4.75. The van der Waals surface area contributed by atoms with Gasteiger partial charge in [0.2, 0.25) is 0 Å². The standard InChI is InChI=1S/C11H16ClNO2/c1-7-6-9(14-2)8(4-5-13)10(12)11(7)15-3/h6H,4-5,13H2,1-3H3. The molecule has 1 aromatic carbocycles. The summed E-state index contributed by atoms with van der Waals surface area (Å²) in [6.45, 7) is 2.46. The molecule has 1 aromatic rings. The Morgan fingerprint density at radius 1 is 1.33 bits per heavy atom. The molecule has 0 saturated heterocycles. The summed E-state index contributed by atoms with van der Waals surface area (Å²) in [6, 6.07) is 1.91. The molecule has 15 heavy (non-hydrogen) atoms. The minimum absolute atomic E-state index is 0.530. The molecule has 0 unspecified atom stereocenters. The Bertz CT molecular complexity index is 353. The minimum Gasteiger partial charge on any atom is -0.496 e. The molecule has 84 valence electrons. The zero-order valence-electron chi connectivity index (χ0n) is 9.26. The van der Waals surface area contributed by atoms with Crippen LogP contribution >= 0.6 is 11.6 Å². The highest BCUT2D eigenvalue weighted by Crippen LogP contribution is 2.37. The summed E-state index contributed by atoms with van der Waals surface area (Å²) in [7, 11) is 3.23. The van der Waals surface area contributed by atoms with Crippen LogP contribution in [0.3, 0.4) is 0 Å². The molecular weight excluding hydrogens is 214 g/mol. The lowest BCUT2D eigenvalue weighted by Gasteiger charge is -2.15. The van der Waals surface area contributed by atoms with E-state index < -0.39 is 0 Å². The Kier molecular flexibility index (Phi) is 4.24. The van der Waals surface area contributed by atoms with Crippen molar-refractivity contribution in [3.63, 3.8) is 0 Å². The van der Waals surface area contributed by atoms with Crippen LogP contribution in [0, 0.1) is 6.92 Å². The van der Waals surface area contributed by atoms with Crippen molar-refractivity contribution in [2.24, 2.45) is 5.73 Å². The van der Waals surface area contributed by atoms with Gasteiger partial charge in [-0.05, 0) is 31.5 Å². The predicted octanol–water partition coefficient (Wildman–Crippen LogP) is 2.17. The Labute approximate surface area is 95.1 Å². The lowest BCUT2D eigenvalue weighted by atomic mass is 10.1. The monoisotopic (exact) mass is 229 g/mol. The normalized spacial score (nSPS) is 10.2. The Morgan fingerprint density at radius 3 is 2.47 bits per heavy atom. The highest BCUT2D eigenvalue weighted by molar-refractivity contribution is 6.33. The van der Waals surface area contributed by atoms with Crippen LogP contribution in [-0.4, -0.2) is 20.8 Å². The van der Waals surface area contributed by atoms with Crippen molar-refractivity contribution < 1.29 is 9.47 Å². The molecule has 0 radical (unpaired) electrons. The van der Waals surface area contributed by atoms with E-state index in [1.165, 1.54) is 0 Å². The van der Waals surface area contributed by atoms with Crippen molar-refractivity contribution in [2.45, 2.75) is 13.3 Å². The number of aryl methyl sites for hydroxylation is 1. The lowest BCUT2D eigenvalue weighted by Crippen LogP contribution is -2.06. The third kappa shape index (κ3) is 2.36. The maximum absolute atomic E-state index is 6.22. The fraction of sp³-hybridized carbons (Fsp3) is 0.455. The summed E-state index contributed by atoms with van der Waals surface area (Å²) in [5.41, 5.74) is 7.39. The predicted molar refractivity (Wildman–Crippen MR) is 62.1 cm³/mol. The largest absolute Gasteiger partial charge is 0.496 e. The maximum atomic E-state index is 6.22. The number of methoxy groups -OCH3 is 2. The van der Waals surface area contributed by atoms with Gasteiger partial charge >= 0.3 is 0 Å². The van der Waals surface area contributed by atoms with E-state index in [0.29, 0.717) is 23.7 Å². The van der Waals surface area contributed by atoms with Crippen LogP contribution in [0.5, 0.6) is 11.5 Å². The number of ether oxygens (including phenoxy) is 2. The van der Waals surface area contributed by atoms with Gasteiger partial charge in [-0.15, -0.1) is 0 Å². The van der Waals surface area contributed by atoms with Gasteiger partial charge in [0.05, 0.1) is 19.2 Å². The number of hydrogen-bond acceptors (Lipinski definition) is 3. The third-order valence-corrected chi connectivity index (χ3v) is 2.69. The number of nitrogens with two attached hydrogens (primary N) is 1. The molecule has 0 saturated carbocycles. The molecule has 0 atom stereocenters. The van der Waals surface area contributed by atoms with Crippen molar-refractivity contribution in [3.05, 3.63) is 22.2 Å². The summed E-state index contributed by atoms with van der Waals surface area (Å²) < 4.78 is 10.5. The summed E-state index contributed by atoms with van der Waals surface area (Å²) in [4.78, 5) is 0. The van der Waals surface area contributed by atoms with Crippen molar-refractivity contribution in [2.75, 3.05) is 20.8 Å². The summed E-state index contributed by atoms with van der Waals surface area (Å²) in [5.74, 6) is 1.46. The molecule has 4 heteroatoms. The van der Waals surface area contributed by atoms with Gasteiger partial charge < -0.3 is 15.2 Å². The lowest BCUT2D eigenvalue weighted by molar-refractivity contribution is 0.396. The van der Waals surface area contributed by atoms with E-state index in [1.807, 2.05) is 13.0 Å². The molecule has 2 N–H and O–H groups in total. The molecule has 0 bridgehead atoms. The first kappa shape index (κ1) is 12.1. The van der Waals surface area contributed by atoms with Gasteiger partial charge in [-0.1, -0.05) is 11.6 Å². The topological polar surface area (TPSA) is 44.5 Å². The highest BCUT2D eigenvalue weighted by atomic mass is 35.5. The first-order chi connectivity index (χ1) is 7.15. The second kappa shape index (κ2) is 5.24. The molecule has 3 nitrogen and oxygen atoms in total. The molecule has 1 rings (SSSR count). The smallest absolute Gasteiger partial charge is 0.140 e. The molecule has 0 fully saturated rings. The van der Waals surface area contributed by atoms with Crippen molar-refractivity contribution in [1.29, 1.82) is 0 Å². The van der Waals surface area contributed by atoms with E-state index in [-0.39, 0.29) is 0 Å². The Balaban J connectivity index is 3.32. The first-order valence-corrected chi connectivity index (χ1v) is 5.13. The van der Waals surface area contributed by atoms with Gasteiger partial charge in [0.25, 0.3) is 0 Å². The van der Waals surface area contributed by atoms with E-state index in [4.69, 9.17) is 26.8 Å². The summed E-state index contributed by atoms with van der Waals surface area (Å²) in [5, 5.41) is 0.597. The molecule has 0 aliphatic carbocycles. The van der Waals surface area contributed by atoms with Crippen LogP contribution in [0.4, 0.5) is 0 Å². The second-order valence-electron chi connectivity index (χ2n) is 3.26. The molecule has 0 aromatic heterocycles. The van der Waals surface area contributed by atoms with Crippen LogP contribution in [0.2, 0.25) is 5.02 Å². The minimum atomic E-state index is 0.530. The average Bonchev–Trinajstić information content (AvgIpc) is 2.22. The fourth-order valence-electron chi connectivity index (χ4n) is 1.58. The molecule has 0 amide bonds. The van der Waals surface area contributed by atoms with Crippen LogP contribution in [0.15, 0.2) is 6.07 Å². The van der Waals surface area contributed by atoms with E-state index in [2.05, 4.69) is 0 Å². The van der Waals surface area contributed by atoms with Gasteiger partial charge in [-0.25, -0.2) is 0 Å². The molecule has 0 spiro atoms. The van der Waals surface area contributed by atoms with Gasteiger partial charge in [0.1, 0.15) is 11.5 Å². The molecule has 0 aliphatic heterocycles. The van der Waals surface area contributed by atoms with E-state index in [1.54, 1.807) is 14.2 Å². The van der Waals surface area contributed by atoms with Crippen molar-refractivity contribution >= 4 is 11.6 Å². The Hall–Kier alpha value is -0.930. The number of halogens is 1. The third-order valence-electron chi connectivity index (χ3n) is 2.29. The van der Waals surface area contributed by atoms with Gasteiger partial charge in [-0.3, -0.25) is 0 Å². The van der Waals surface area contributed by atoms with E-state index in [0.717, 1.165) is 16.9 Å². The van der Waals surface area contributed by atoms with Gasteiger partial charge in [-0.2, -0.15) is 0 Å². The van der Waals surface area contributed by atoms with Gasteiger partial charge in [0.15, 0.2) is 0 Å². The van der Waals surface area contributed by atoms with Crippen molar-refractivity contribution in [3.8, 4) is 11.5 Å². The number of benzene rings is 1. The Morgan fingerprint density at radius 2 is 2.00 bits per heavy atom. The van der Waals surface area contributed by atoms with Crippen LogP contribution < -0.4 is 15.2 Å². The number of rotatable bonds is 4. The zero-order chi connectivity index (χ0) is 11.4. The second-order valence-corrected chi connectivity index (χ2v) is 3.64. The summed E-state index contributed by atoms with van der Waals surface area (Å²) >= 11 is 6.22. The van der Waals surface area contributed by atoms with Gasteiger partial charge in [0, 0.05) is 5.56 Å². The average molecular weight is 230 g/mol. The van der Waals surface area contributed by atoms with Crippen LogP contribution in [0.25, 0.3) is 0 Å². The highest BCUT2D eigenvalue weighted by Gasteiger charge is 2.15.